The predicted octanol–water partition coefficient (Wildman–Crippen LogP) is 1.49. The molecule has 1 aromatic carbocycles. The van der Waals surface area contributed by atoms with Gasteiger partial charge in [-0.15, -0.1) is 0 Å². The lowest BCUT2D eigenvalue weighted by Gasteiger charge is -2.00. The van der Waals surface area contributed by atoms with Crippen LogP contribution in [-0.4, -0.2) is 23.3 Å². The van der Waals surface area contributed by atoms with Gasteiger partial charge in [-0.25, -0.2) is 9.18 Å². The molecule has 0 spiro atoms. The summed E-state index contributed by atoms with van der Waals surface area (Å²) in [4.78, 5) is 11.2. The summed E-state index contributed by atoms with van der Waals surface area (Å²) in [6.07, 6.45) is 1.45. The number of aromatic nitrogens is 2. The number of hydrogen-bond donors (Lipinski definition) is 1. The zero-order valence-electron chi connectivity index (χ0n) is 7.37. The van der Waals surface area contributed by atoms with Crippen molar-refractivity contribution in [3.05, 3.63) is 29.7 Å². The van der Waals surface area contributed by atoms with Crippen LogP contribution in [0, 0.1) is 5.82 Å². The molecule has 14 heavy (non-hydrogen) atoms. The molecular formula is C9H7FN2O2. The van der Waals surface area contributed by atoms with E-state index in [1.165, 1.54) is 19.4 Å². The molecule has 0 aliphatic heterocycles. The maximum atomic E-state index is 13.0. The van der Waals surface area contributed by atoms with Gasteiger partial charge in [0.1, 0.15) is 5.82 Å². The van der Waals surface area contributed by atoms with E-state index in [4.69, 9.17) is 0 Å². The number of aromatic amines is 1. The van der Waals surface area contributed by atoms with E-state index in [1.54, 1.807) is 0 Å². The molecule has 1 aromatic heterocycles. The molecule has 0 saturated carbocycles. The van der Waals surface area contributed by atoms with Crippen LogP contribution in [0.5, 0.6) is 0 Å². The molecule has 0 fully saturated rings. The van der Waals surface area contributed by atoms with E-state index in [0.717, 1.165) is 6.07 Å². The molecule has 0 aliphatic carbocycles. The number of carbonyl (C=O) groups is 1. The molecule has 0 saturated heterocycles. The van der Waals surface area contributed by atoms with Gasteiger partial charge in [0.05, 0.1) is 24.4 Å². The number of nitrogens with one attached hydrogen (secondary N) is 1. The topological polar surface area (TPSA) is 55.0 Å². The first kappa shape index (κ1) is 8.68. The molecular weight excluding hydrogens is 187 g/mol. The second kappa shape index (κ2) is 3.10. The molecule has 2 aromatic rings. The van der Waals surface area contributed by atoms with Crippen molar-refractivity contribution in [2.75, 3.05) is 7.11 Å². The Morgan fingerprint density at radius 1 is 1.57 bits per heavy atom. The van der Waals surface area contributed by atoms with Crippen molar-refractivity contribution in [2.45, 2.75) is 0 Å². The minimum absolute atomic E-state index is 0.153. The number of fused-ring (bicyclic) bond motifs is 1. The SMILES string of the molecule is COC(=O)c1cc(F)cc2cn[nH]c12. The van der Waals surface area contributed by atoms with Gasteiger partial charge in [0.2, 0.25) is 0 Å². The van der Waals surface area contributed by atoms with Gasteiger partial charge in [-0.3, -0.25) is 5.10 Å². The number of carbonyl (C=O) groups excluding carboxylic acids is 1. The van der Waals surface area contributed by atoms with E-state index in [1.807, 2.05) is 0 Å². The summed E-state index contributed by atoms with van der Waals surface area (Å²) in [5.41, 5.74) is 0.637. The summed E-state index contributed by atoms with van der Waals surface area (Å²) >= 11 is 0. The molecule has 1 N–H and O–H groups in total. The molecule has 0 radical (unpaired) electrons. The Morgan fingerprint density at radius 3 is 3.07 bits per heavy atom. The van der Waals surface area contributed by atoms with Crippen molar-refractivity contribution in [3.8, 4) is 0 Å². The fourth-order valence-corrected chi connectivity index (χ4v) is 1.29. The number of esters is 1. The van der Waals surface area contributed by atoms with Gasteiger partial charge < -0.3 is 4.74 Å². The van der Waals surface area contributed by atoms with Crippen LogP contribution in [0.25, 0.3) is 10.9 Å². The monoisotopic (exact) mass is 194 g/mol. The van der Waals surface area contributed by atoms with Gasteiger partial charge in [0.15, 0.2) is 0 Å². The highest BCUT2D eigenvalue weighted by Gasteiger charge is 2.13. The smallest absolute Gasteiger partial charge is 0.340 e. The number of ether oxygens (including phenoxy) is 1. The average Bonchev–Trinajstić information content (AvgIpc) is 2.62. The van der Waals surface area contributed by atoms with E-state index in [-0.39, 0.29) is 5.56 Å². The zero-order chi connectivity index (χ0) is 10.1. The van der Waals surface area contributed by atoms with Crippen molar-refractivity contribution < 1.29 is 13.9 Å². The van der Waals surface area contributed by atoms with Crippen molar-refractivity contribution in [1.29, 1.82) is 0 Å². The van der Waals surface area contributed by atoms with E-state index >= 15 is 0 Å². The summed E-state index contributed by atoms with van der Waals surface area (Å²) in [7, 11) is 1.25. The number of halogens is 1. The first-order chi connectivity index (χ1) is 6.72. The Labute approximate surface area is 78.7 Å². The number of methoxy groups -OCH3 is 1. The maximum absolute atomic E-state index is 13.0. The van der Waals surface area contributed by atoms with Crippen LogP contribution in [0.2, 0.25) is 0 Å². The predicted molar refractivity (Wildman–Crippen MR) is 47.4 cm³/mol. The highest BCUT2D eigenvalue weighted by atomic mass is 19.1. The lowest BCUT2D eigenvalue weighted by Crippen LogP contribution is -2.02. The van der Waals surface area contributed by atoms with Crippen molar-refractivity contribution in [2.24, 2.45) is 0 Å². The van der Waals surface area contributed by atoms with Crippen LogP contribution in [0.1, 0.15) is 10.4 Å². The molecule has 0 amide bonds. The van der Waals surface area contributed by atoms with E-state index < -0.39 is 11.8 Å². The molecule has 0 atom stereocenters. The van der Waals surface area contributed by atoms with Crippen molar-refractivity contribution >= 4 is 16.9 Å². The van der Waals surface area contributed by atoms with E-state index in [9.17, 15) is 9.18 Å². The lowest BCUT2D eigenvalue weighted by molar-refractivity contribution is 0.0602. The van der Waals surface area contributed by atoms with Crippen LogP contribution in [0.3, 0.4) is 0 Å². The fraction of sp³-hybridized carbons (Fsp3) is 0.111. The number of rotatable bonds is 1. The summed E-state index contributed by atoms with van der Waals surface area (Å²) in [6.45, 7) is 0. The van der Waals surface area contributed by atoms with Crippen LogP contribution in [0.15, 0.2) is 18.3 Å². The Balaban J connectivity index is 2.72. The highest BCUT2D eigenvalue weighted by molar-refractivity contribution is 6.02. The molecule has 0 bridgehead atoms. The summed E-state index contributed by atoms with van der Waals surface area (Å²) in [6, 6.07) is 2.41. The van der Waals surface area contributed by atoms with Gasteiger partial charge in [-0.2, -0.15) is 5.10 Å². The number of benzene rings is 1. The van der Waals surface area contributed by atoms with E-state index in [0.29, 0.717) is 10.9 Å². The second-order valence-corrected chi connectivity index (χ2v) is 2.78. The van der Waals surface area contributed by atoms with Gasteiger partial charge in [0.25, 0.3) is 0 Å². The third-order valence-electron chi connectivity index (χ3n) is 1.92. The normalized spacial score (nSPS) is 10.4. The summed E-state index contributed by atoms with van der Waals surface area (Å²) in [5, 5.41) is 6.88. The Bertz CT molecular complexity index is 493. The van der Waals surface area contributed by atoms with Crippen LogP contribution < -0.4 is 0 Å². The third-order valence-corrected chi connectivity index (χ3v) is 1.92. The highest BCUT2D eigenvalue weighted by Crippen LogP contribution is 2.18. The molecule has 0 aliphatic rings. The molecule has 2 rings (SSSR count). The zero-order valence-corrected chi connectivity index (χ0v) is 7.37. The van der Waals surface area contributed by atoms with Crippen LogP contribution in [0.4, 0.5) is 4.39 Å². The Hall–Kier alpha value is -1.91. The first-order valence-electron chi connectivity index (χ1n) is 3.93. The molecule has 0 unspecified atom stereocenters. The van der Waals surface area contributed by atoms with Crippen LogP contribution in [-0.2, 0) is 4.74 Å². The summed E-state index contributed by atoms with van der Waals surface area (Å²) in [5.74, 6) is -1.07. The number of nitrogens with zero attached hydrogens (tertiary/aromatic N) is 1. The minimum Gasteiger partial charge on any atom is -0.465 e. The molecule has 4 nitrogen and oxygen atoms in total. The van der Waals surface area contributed by atoms with E-state index in [2.05, 4.69) is 14.9 Å². The third kappa shape index (κ3) is 1.22. The standard InChI is InChI=1S/C9H7FN2O2/c1-14-9(13)7-3-6(10)2-5-4-11-12-8(5)7/h2-4H,1H3,(H,11,12). The number of hydrogen-bond acceptors (Lipinski definition) is 3. The largest absolute Gasteiger partial charge is 0.465 e. The molecule has 5 heteroatoms. The number of H-pyrrole nitrogens is 1. The van der Waals surface area contributed by atoms with Crippen LogP contribution >= 0.6 is 0 Å². The van der Waals surface area contributed by atoms with Crippen molar-refractivity contribution in [3.63, 3.8) is 0 Å². The Kier molecular flexibility index (Phi) is 1.92. The molecule has 72 valence electrons. The van der Waals surface area contributed by atoms with Gasteiger partial charge in [-0.1, -0.05) is 0 Å². The summed E-state index contributed by atoms with van der Waals surface area (Å²) < 4.78 is 17.5. The first-order valence-corrected chi connectivity index (χ1v) is 3.93. The fourth-order valence-electron chi connectivity index (χ4n) is 1.29. The maximum Gasteiger partial charge on any atom is 0.340 e. The Morgan fingerprint density at radius 2 is 2.36 bits per heavy atom. The van der Waals surface area contributed by atoms with Gasteiger partial charge in [-0.05, 0) is 12.1 Å². The second-order valence-electron chi connectivity index (χ2n) is 2.78. The quantitative estimate of drug-likeness (QED) is 0.699. The minimum atomic E-state index is -0.584. The van der Waals surface area contributed by atoms with Gasteiger partial charge in [0, 0.05) is 5.39 Å². The van der Waals surface area contributed by atoms with Gasteiger partial charge >= 0.3 is 5.97 Å². The van der Waals surface area contributed by atoms with Crippen molar-refractivity contribution in [1.82, 2.24) is 10.2 Å². The molecule has 1 heterocycles. The lowest BCUT2D eigenvalue weighted by atomic mass is 10.1. The average molecular weight is 194 g/mol.